The molecule has 0 saturated carbocycles. The van der Waals surface area contributed by atoms with Crippen molar-refractivity contribution >= 4 is 12.0 Å². The van der Waals surface area contributed by atoms with Crippen molar-refractivity contribution in [1.82, 2.24) is 10.2 Å². The minimum atomic E-state index is -4.36. The summed E-state index contributed by atoms with van der Waals surface area (Å²) < 4.78 is 37.3. The molecule has 1 aliphatic heterocycles. The fourth-order valence-electron chi connectivity index (χ4n) is 1.90. The summed E-state index contributed by atoms with van der Waals surface area (Å²) in [6, 6.07) is -0.561. The summed E-state index contributed by atoms with van der Waals surface area (Å²) in [4.78, 5) is 23.7. The molecule has 5 nitrogen and oxygen atoms in total. The highest BCUT2D eigenvalue weighted by Gasteiger charge is 2.36. The number of amides is 2. The van der Waals surface area contributed by atoms with Crippen molar-refractivity contribution in [2.75, 3.05) is 13.1 Å². The zero-order valence-electron chi connectivity index (χ0n) is 11.3. The normalized spacial score (nSPS) is 16.6. The predicted molar refractivity (Wildman–Crippen MR) is 65.2 cm³/mol. The van der Waals surface area contributed by atoms with E-state index in [1.807, 2.05) is 0 Å². The highest BCUT2D eigenvalue weighted by Crippen LogP contribution is 2.30. The number of rotatable bonds is 3. The van der Waals surface area contributed by atoms with Crippen LogP contribution in [0.15, 0.2) is 11.6 Å². The molecular formula is C12H17F3N2O3. The highest BCUT2D eigenvalue weighted by molar-refractivity contribution is 5.77. The third-order valence-electron chi connectivity index (χ3n) is 2.90. The van der Waals surface area contributed by atoms with Gasteiger partial charge in [0.2, 0.25) is 0 Å². The van der Waals surface area contributed by atoms with Crippen LogP contribution in [0.5, 0.6) is 0 Å². The summed E-state index contributed by atoms with van der Waals surface area (Å²) in [6.45, 7) is 2.91. The average molecular weight is 294 g/mol. The molecule has 1 rings (SSSR count). The highest BCUT2D eigenvalue weighted by atomic mass is 19.4. The zero-order chi connectivity index (χ0) is 15.6. The molecule has 0 aromatic rings. The van der Waals surface area contributed by atoms with Gasteiger partial charge in [0, 0.05) is 24.2 Å². The van der Waals surface area contributed by atoms with E-state index in [4.69, 9.17) is 5.11 Å². The molecule has 0 fully saturated rings. The van der Waals surface area contributed by atoms with E-state index in [0.717, 1.165) is 6.08 Å². The molecule has 20 heavy (non-hydrogen) atoms. The van der Waals surface area contributed by atoms with Gasteiger partial charge in [-0.25, -0.2) is 4.79 Å². The lowest BCUT2D eigenvalue weighted by atomic mass is 10.0. The molecule has 1 heterocycles. The maximum atomic E-state index is 12.4. The number of aliphatic carboxylic acids is 1. The van der Waals surface area contributed by atoms with Gasteiger partial charge in [0.25, 0.3) is 0 Å². The van der Waals surface area contributed by atoms with Gasteiger partial charge >= 0.3 is 18.2 Å². The second-order valence-corrected chi connectivity index (χ2v) is 5.31. The van der Waals surface area contributed by atoms with Gasteiger partial charge < -0.3 is 15.3 Å². The van der Waals surface area contributed by atoms with Gasteiger partial charge in [-0.1, -0.05) is 6.08 Å². The predicted octanol–water partition coefficient (Wildman–Crippen LogP) is 2.14. The monoisotopic (exact) mass is 294 g/mol. The molecular weight excluding hydrogens is 277 g/mol. The Morgan fingerprint density at radius 2 is 2.00 bits per heavy atom. The van der Waals surface area contributed by atoms with E-state index in [0.29, 0.717) is 0 Å². The van der Waals surface area contributed by atoms with Gasteiger partial charge in [0.05, 0.1) is 6.42 Å². The number of carbonyl (C=O) groups excluding carboxylic acids is 1. The fraction of sp³-hybridized carbons (Fsp3) is 0.667. The molecule has 0 atom stereocenters. The van der Waals surface area contributed by atoms with Crippen molar-refractivity contribution in [3.05, 3.63) is 11.6 Å². The number of nitrogens with one attached hydrogen (secondary N) is 1. The first kappa shape index (κ1) is 16.3. The van der Waals surface area contributed by atoms with E-state index < -0.39 is 29.3 Å². The van der Waals surface area contributed by atoms with Crippen molar-refractivity contribution in [3.8, 4) is 0 Å². The Bertz CT molecular complexity index is 430. The molecule has 0 aliphatic carbocycles. The molecule has 2 N–H and O–H groups in total. The van der Waals surface area contributed by atoms with Crippen LogP contribution >= 0.6 is 0 Å². The van der Waals surface area contributed by atoms with Crippen LogP contribution in [-0.2, 0) is 4.79 Å². The molecule has 0 saturated heterocycles. The van der Waals surface area contributed by atoms with E-state index in [1.165, 1.54) is 4.90 Å². The summed E-state index contributed by atoms with van der Waals surface area (Å²) in [6.07, 6.45) is -3.90. The summed E-state index contributed by atoms with van der Waals surface area (Å²) in [5.74, 6) is -1.06. The Labute approximate surface area is 114 Å². The molecule has 0 aromatic heterocycles. The fourth-order valence-corrected chi connectivity index (χ4v) is 1.90. The Hall–Kier alpha value is -1.73. The van der Waals surface area contributed by atoms with E-state index >= 15 is 0 Å². The third-order valence-corrected chi connectivity index (χ3v) is 2.90. The number of hydrogen-bond donors (Lipinski definition) is 2. The maximum Gasteiger partial charge on any atom is 0.412 e. The first-order chi connectivity index (χ1) is 9.01. The summed E-state index contributed by atoms with van der Waals surface area (Å²) >= 11 is 0. The van der Waals surface area contributed by atoms with Crippen LogP contribution in [0, 0.1) is 0 Å². The number of nitrogens with zero attached hydrogens (tertiary/aromatic N) is 1. The van der Waals surface area contributed by atoms with E-state index in [1.54, 1.807) is 13.8 Å². The van der Waals surface area contributed by atoms with Gasteiger partial charge in [-0.15, -0.1) is 0 Å². The van der Waals surface area contributed by atoms with Crippen LogP contribution < -0.4 is 5.32 Å². The van der Waals surface area contributed by atoms with E-state index in [9.17, 15) is 22.8 Å². The first-order valence-electron chi connectivity index (χ1n) is 6.06. The number of hydrogen-bond acceptors (Lipinski definition) is 2. The van der Waals surface area contributed by atoms with Gasteiger partial charge in [0.15, 0.2) is 0 Å². The van der Waals surface area contributed by atoms with Crippen molar-refractivity contribution in [2.24, 2.45) is 0 Å². The summed E-state index contributed by atoms with van der Waals surface area (Å²) in [5, 5.41) is 11.2. The van der Waals surface area contributed by atoms with Gasteiger partial charge in [0.1, 0.15) is 0 Å². The Kier molecular flexibility index (Phi) is 4.67. The smallest absolute Gasteiger partial charge is 0.412 e. The van der Waals surface area contributed by atoms with Crippen LogP contribution in [0.4, 0.5) is 18.0 Å². The topological polar surface area (TPSA) is 69.6 Å². The van der Waals surface area contributed by atoms with Crippen molar-refractivity contribution < 1.29 is 27.9 Å². The van der Waals surface area contributed by atoms with Gasteiger partial charge in [-0.3, -0.25) is 4.79 Å². The molecule has 0 bridgehead atoms. The van der Waals surface area contributed by atoms with Gasteiger partial charge in [-0.05, 0) is 20.3 Å². The molecule has 2 amide bonds. The van der Waals surface area contributed by atoms with E-state index in [2.05, 4.69) is 5.32 Å². The summed E-state index contributed by atoms with van der Waals surface area (Å²) in [7, 11) is 0. The lowest BCUT2D eigenvalue weighted by Gasteiger charge is -2.32. The number of carboxylic acid groups (broad SMARTS) is 1. The maximum absolute atomic E-state index is 12.4. The Morgan fingerprint density at radius 3 is 2.40 bits per heavy atom. The van der Waals surface area contributed by atoms with Crippen LogP contribution in [0.2, 0.25) is 0 Å². The van der Waals surface area contributed by atoms with Crippen LogP contribution in [0.1, 0.15) is 26.7 Å². The molecule has 1 aliphatic rings. The second-order valence-electron chi connectivity index (χ2n) is 5.31. The quantitative estimate of drug-likeness (QED) is 0.784. The minimum Gasteiger partial charge on any atom is -0.481 e. The van der Waals surface area contributed by atoms with Gasteiger partial charge in [-0.2, -0.15) is 13.2 Å². The van der Waals surface area contributed by atoms with Crippen molar-refractivity contribution in [3.63, 3.8) is 0 Å². The number of carbonyl (C=O) groups is 2. The molecule has 0 unspecified atom stereocenters. The molecule has 8 heteroatoms. The number of halogens is 3. The Balaban J connectivity index is 2.59. The summed E-state index contributed by atoms with van der Waals surface area (Å²) in [5.41, 5.74) is -1.59. The van der Waals surface area contributed by atoms with Crippen LogP contribution in [0.25, 0.3) is 0 Å². The SMILES string of the molecule is CC(C)(CC(=O)O)NC(=O)N1CC=C(C(F)(F)F)CC1. The Morgan fingerprint density at radius 1 is 1.40 bits per heavy atom. The standard InChI is InChI=1S/C12H17F3N2O3/c1-11(2,7-9(18)19)16-10(20)17-5-3-8(4-6-17)12(13,14)15/h3H,4-7H2,1-2H3,(H,16,20)(H,18,19). The molecule has 0 aromatic carbocycles. The average Bonchev–Trinajstić information content (AvgIpc) is 2.25. The van der Waals surface area contributed by atoms with Crippen LogP contribution in [-0.4, -0.2) is 46.8 Å². The number of alkyl halides is 3. The lowest BCUT2D eigenvalue weighted by Crippen LogP contribution is -2.52. The zero-order valence-corrected chi connectivity index (χ0v) is 11.3. The number of carboxylic acids is 1. The number of urea groups is 1. The largest absolute Gasteiger partial charge is 0.481 e. The van der Waals surface area contributed by atoms with Crippen molar-refractivity contribution in [2.45, 2.75) is 38.4 Å². The lowest BCUT2D eigenvalue weighted by molar-refractivity contribution is -0.138. The van der Waals surface area contributed by atoms with Crippen molar-refractivity contribution in [1.29, 1.82) is 0 Å². The molecule has 0 radical (unpaired) electrons. The van der Waals surface area contributed by atoms with E-state index in [-0.39, 0.29) is 25.9 Å². The first-order valence-corrected chi connectivity index (χ1v) is 6.06. The second kappa shape index (κ2) is 5.72. The third kappa shape index (κ3) is 4.75. The molecule has 0 spiro atoms. The molecule has 114 valence electrons. The van der Waals surface area contributed by atoms with Crippen LogP contribution in [0.3, 0.4) is 0 Å². The minimum absolute atomic E-state index is 0.0413.